The molecule has 29 heavy (non-hydrogen) atoms. The molecule has 0 bridgehead atoms. The molecule has 0 saturated carbocycles. The molecule has 150 valence electrons. The number of hydrogen-bond acceptors (Lipinski definition) is 3. The van der Waals surface area contributed by atoms with E-state index in [9.17, 15) is 14.4 Å². The van der Waals surface area contributed by atoms with Gasteiger partial charge in [0.15, 0.2) is 0 Å². The summed E-state index contributed by atoms with van der Waals surface area (Å²) in [5.41, 5.74) is 3.75. The number of benzene rings is 2. The lowest BCUT2D eigenvalue weighted by atomic mass is 10.2. The second-order valence-electron chi connectivity index (χ2n) is 6.60. The summed E-state index contributed by atoms with van der Waals surface area (Å²) in [5.74, 6) is -2.14. The zero-order valence-corrected chi connectivity index (χ0v) is 18.0. The van der Waals surface area contributed by atoms with E-state index in [-0.39, 0.29) is 11.7 Å². The van der Waals surface area contributed by atoms with Crippen molar-refractivity contribution in [2.24, 2.45) is 0 Å². The van der Waals surface area contributed by atoms with Gasteiger partial charge in [-0.25, -0.2) is 4.68 Å². The standard InChI is InChI=1S/C20H18BrClN4O3/c1-11(2)23-19(28)20(29)25-26-16-8-5-14(22)9-12(16)10-17(26)18(27)24-15-6-3-13(21)4-7-15/h3-11H,1-2H3,(H,23,28)(H,24,27)(H,25,29). The van der Waals surface area contributed by atoms with Crippen molar-refractivity contribution in [3.05, 3.63) is 63.7 Å². The van der Waals surface area contributed by atoms with E-state index in [1.807, 2.05) is 0 Å². The van der Waals surface area contributed by atoms with Crippen LogP contribution < -0.4 is 16.1 Å². The summed E-state index contributed by atoms with van der Waals surface area (Å²) in [6.45, 7) is 3.49. The van der Waals surface area contributed by atoms with E-state index in [1.165, 1.54) is 4.68 Å². The Kier molecular flexibility index (Phi) is 6.24. The van der Waals surface area contributed by atoms with Crippen LogP contribution in [0.3, 0.4) is 0 Å². The maximum Gasteiger partial charge on any atom is 0.328 e. The molecule has 7 nitrogen and oxygen atoms in total. The third-order valence-corrected chi connectivity index (χ3v) is 4.70. The fraction of sp³-hybridized carbons (Fsp3) is 0.150. The molecular formula is C20H18BrClN4O3. The van der Waals surface area contributed by atoms with Gasteiger partial charge in [-0.05, 0) is 62.4 Å². The number of halogens is 2. The van der Waals surface area contributed by atoms with E-state index in [1.54, 1.807) is 62.4 Å². The molecule has 0 radical (unpaired) electrons. The summed E-state index contributed by atoms with van der Waals surface area (Å²) in [5, 5.41) is 6.41. The number of carbonyl (C=O) groups excluding carboxylic acids is 3. The fourth-order valence-corrected chi connectivity index (χ4v) is 3.13. The Balaban J connectivity index is 1.96. The molecule has 3 N–H and O–H groups in total. The van der Waals surface area contributed by atoms with Gasteiger partial charge in [-0.15, -0.1) is 0 Å². The van der Waals surface area contributed by atoms with Crippen LogP contribution in [-0.2, 0) is 9.59 Å². The Morgan fingerprint density at radius 3 is 2.34 bits per heavy atom. The largest absolute Gasteiger partial charge is 0.346 e. The summed E-state index contributed by atoms with van der Waals surface area (Å²) < 4.78 is 2.16. The zero-order chi connectivity index (χ0) is 21.1. The van der Waals surface area contributed by atoms with Gasteiger partial charge in [0, 0.05) is 26.6 Å². The van der Waals surface area contributed by atoms with Crippen LogP contribution in [0.4, 0.5) is 5.69 Å². The lowest BCUT2D eigenvalue weighted by Crippen LogP contribution is -2.42. The third kappa shape index (κ3) is 4.96. The first-order valence-corrected chi connectivity index (χ1v) is 9.91. The van der Waals surface area contributed by atoms with Gasteiger partial charge in [0.05, 0.1) is 5.52 Å². The predicted octanol–water partition coefficient (Wildman–Crippen LogP) is 3.90. The highest BCUT2D eigenvalue weighted by Crippen LogP contribution is 2.24. The number of carbonyl (C=O) groups is 3. The van der Waals surface area contributed by atoms with Gasteiger partial charge in [-0.3, -0.25) is 19.8 Å². The van der Waals surface area contributed by atoms with Gasteiger partial charge < -0.3 is 10.6 Å². The van der Waals surface area contributed by atoms with Crippen molar-refractivity contribution in [1.82, 2.24) is 9.99 Å². The number of rotatable bonds is 4. The third-order valence-electron chi connectivity index (χ3n) is 3.94. The quantitative estimate of drug-likeness (QED) is 0.498. The molecule has 0 aliphatic carbocycles. The first kappa shape index (κ1) is 20.9. The monoisotopic (exact) mass is 476 g/mol. The van der Waals surface area contributed by atoms with Crippen LogP contribution in [0.25, 0.3) is 10.9 Å². The van der Waals surface area contributed by atoms with Crippen LogP contribution in [-0.4, -0.2) is 28.4 Å². The summed E-state index contributed by atoms with van der Waals surface area (Å²) in [6.07, 6.45) is 0. The molecule has 2 aromatic carbocycles. The van der Waals surface area contributed by atoms with Crippen molar-refractivity contribution in [2.75, 3.05) is 10.7 Å². The minimum absolute atomic E-state index is 0.149. The van der Waals surface area contributed by atoms with E-state index in [4.69, 9.17) is 11.6 Å². The van der Waals surface area contributed by atoms with Crippen molar-refractivity contribution in [1.29, 1.82) is 0 Å². The SMILES string of the molecule is CC(C)NC(=O)C(=O)Nn1c(C(=O)Nc2ccc(Br)cc2)cc2cc(Cl)ccc21. The molecule has 0 saturated heterocycles. The average molecular weight is 478 g/mol. The number of anilines is 1. The topological polar surface area (TPSA) is 92.2 Å². The number of nitrogens with one attached hydrogen (secondary N) is 3. The molecule has 0 unspecified atom stereocenters. The van der Waals surface area contributed by atoms with Gasteiger partial charge in [-0.1, -0.05) is 27.5 Å². The molecule has 3 amide bonds. The first-order chi connectivity index (χ1) is 13.7. The minimum atomic E-state index is -0.885. The van der Waals surface area contributed by atoms with Gasteiger partial charge >= 0.3 is 11.8 Å². The highest BCUT2D eigenvalue weighted by Gasteiger charge is 2.21. The van der Waals surface area contributed by atoms with Gasteiger partial charge in [0.2, 0.25) is 0 Å². The maximum absolute atomic E-state index is 12.9. The Morgan fingerprint density at radius 2 is 1.69 bits per heavy atom. The van der Waals surface area contributed by atoms with Crippen LogP contribution in [0.1, 0.15) is 24.3 Å². The molecule has 0 atom stereocenters. The first-order valence-electron chi connectivity index (χ1n) is 8.74. The van der Waals surface area contributed by atoms with Gasteiger partial charge in [-0.2, -0.15) is 0 Å². The smallest absolute Gasteiger partial charge is 0.328 e. The summed E-state index contributed by atoms with van der Waals surface area (Å²) in [4.78, 5) is 37.2. The molecule has 3 rings (SSSR count). The summed E-state index contributed by atoms with van der Waals surface area (Å²) in [6, 6.07) is 13.4. The molecule has 1 heterocycles. The van der Waals surface area contributed by atoms with Crippen LogP contribution in [0.2, 0.25) is 5.02 Å². The summed E-state index contributed by atoms with van der Waals surface area (Å²) in [7, 11) is 0. The number of aromatic nitrogens is 1. The molecular weight excluding hydrogens is 460 g/mol. The second-order valence-corrected chi connectivity index (χ2v) is 7.95. The Hall–Kier alpha value is -2.84. The molecule has 3 aromatic rings. The van der Waals surface area contributed by atoms with Crippen molar-refractivity contribution >= 4 is 61.8 Å². The fourth-order valence-electron chi connectivity index (χ4n) is 2.68. The molecule has 0 fully saturated rings. The number of amides is 3. The normalized spacial score (nSPS) is 10.8. The number of fused-ring (bicyclic) bond motifs is 1. The molecule has 1 aromatic heterocycles. The van der Waals surface area contributed by atoms with Crippen LogP contribution >= 0.6 is 27.5 Å². The van der Waals surface area contributed by atoms with Crippen molar-refractivity contribution in [2.45, 2.75) is 19.9 Å². The number of nitrogens with zero attached hydrogens (tertiary/aromatic N) is 1. The van der Waals surface area contributed by atoms with Crippen LogP contribution in [0.5, 0.6) is 0 Å². The second kappa shape index (κ2) is 8.67. The van der Waals surface area contributed by atoms with Crippen molar-refractivity contribution < 1.29 is 14.4 Å². The van der Waals surface area contributed by atoms with Crippen molar-refractivity contribution in [3.63, 3.8) is 0 Å². The van der Waals surface area contributed by atoms with E-state index in [2.05, 4.69) is 32.0 Å². The van der Waals surface area contributed by atoms with Gasteiger partial charge in [0.25, 0.3) is 5.91 Å². The highest BCUT2D eigenvalue weighted by molar-refractivity contribution is 9.10. The lowest BCUT2D eigenvalue weighted by Gasteiger charge is -2.13. The predicted molar refractivity (Wildman–Crippen MR) is 117 cm³/mol. The number of hydrogen-bond donors (Lipinski definition) is 3. The maximum atomic E-state index is 12.9. The molecule has 0 aliphatic rings. The Morgan fingerprint density at radius 1 is 1.00 bits per heavy atom. The molecule has 0 aliphatic heterocycles. The zero-order valence-electron chi connectivity index (χ0n) is 15.6. The van der Waals surface area contributed by atoms with E-state index < -0.39 is 17.7 Å². The lowest BCUT2D eigenvalue weighted by molar-refractivity contribution is -0.137. The van der Waals surface area contributed by atoms with Crippen LogP contribution in [0, 0.1) is 0 Å². The highest BCUT2D eigenvalue weighted by atomic mass is 79.9. The van der Waals surface area contributed by atoms with Crippen molar-refractivity contribution in [3.8, 4) is 0 Å². The van der Waals surface area contributed by atoms with E-state index in [0.29, 0.717) is 21.6 Å². The van der Waals surface area contributed by atoms with Crippen LogP contribution in [0.15, 0.2) is 53.0 Å². The Bertz CT molecular complexity index is 1090. The van der Waals surface area contributed by atoms with Gasteiger partial charge in [0.1, 0.15) is 5.69 Å². The van der Waals surface area contributed by atoms with E-state index in [0.717, 1.165) is 4.47 Å². The molecule has 9 heteroatoms. The average Bonchev–Trinajstić information content (AvgIpc) is 3.00. The molecule has 0 spiro atoms. The summed E-state index contributed by atoms with van der Waals surface area (Å²) >= 11 is 9.39. The van der Waals surface area contributed by atoms with E-state index >= 15 is 0 Å². The minimum Gasteiger partial charge on any atom is -0.346 e. The Labute approximate surface area is 180 Å².